The third kappa shape index (κ3) is 3.04. The van der Waals surface area contributed by atoms with Crippen LogP contribution in [0.3, 0.4) is 0 Å². The number of likely N-dealkylation sites (tertiary alicyclic amines) is 1. The molecule has 1 fully saturated rings. The Kier molecular flexibility index (Phi) is 4.50. The lowest BCUT2D eigenvalue weighted by Crippen LogP contribution is -2.41. The quantitative estimate of drug-likeness (QED) is 0.927. The fourth-order valence-electron chi connectivity index (χ4n) is 4.03. The standard InChI is InChI=1S/C19H26N2O3/c22-19(21-9-3-1-2-4-10-21)20-8-5-16-15-7-12-23-17(15)13-14-6-11-24-18(14)16/h13H,1-12H2,(H,20,22). The lowest BCUT2D eigenvalue weighted by Gasteiger charge is -2.21. The van der Waals surface area contributed by atoms with Crippen LogP contribution in [0.25, 0.3) is 0 Å². The predicted molar refractivity (Wildman–Crippen MR) is 92.0 cm³/mol. The highest BCUT2D eigenvalue weighted by atomic mass is 16.5. The van der Waals surface area contributed by atoms with Gasteiger partial charge in [-0.25, -0.2) is 4.79 Å². The molecule has 2 amide bonds. The van der Waals surface area contributed by atoms with Crippen molar-refractivity contribution in [2.24, 2.45) is 0 Å². The van der Waals surface area contributed by atoms with E-state index in [1.54, 1.807) is 0 Å². The normalized spacial score (nSPS) is 19.1. The molecule has 0 atom stereocenters. The molecule has 1 aromatic rings. The van der Waals surface area contributed by atoms with Gasteiger partial charge < -0.3 is 19.7 Å². The molecule has 3 aliphatic rings. The number of hydrogen-bond acceptors (Lipinski definition) is 3. The van der Waals surface area contributed by atoms with E-state index in [2.05, 4.69) is 11.4 Å². The summed E-state index contributed by atoms with van der Waals surface area (Å²) < 4.78 is 11.6. The maximum atomic E-state index is 12.4. The van der Waals surface area contributed by atoms with Gasteiger partial charge in [-0.2, -0.15) is 0 Å². The van der Waals surface area contributed by atoms with Crippen LogP contribution in [-0.4, -0.2) is 43.8 Å². The van der Waals surface area contributed by atoms with Crippen LogP contribution < -0.4 is 14.8 Å². The van der Waals surface area contributed by atoms with E-state index in [1.165, 1.54) is 29.5 Å². The van der Waals surface area contributed by atoms with Gasteiger partial charge in [-0.1, -0.05) is 12.8 Å². The maximum absolute atomic E-state index is 12.4. The van der Waals surface area contributed by atoms with Gasteiger partial charge in [-0.15, -0.1) is 0 Å². The van der Waals surface area contributed by atoms with E-state index >= 15 is 0 Å². The Bertz CT molecular complexity index is 589. The Labute approximate surface area is 143 Å². The van der Waals surface area contributed by atoms with Gasteiger partial charge in [0.15, 0.2) is 0 Å². The van der Waals surface area contributed by atoms with E-state index in [0.29, 0.717) is 6.54 Å². The van der Waals surface area contributed by atoms with Crippen molar-refractivity contribution >= 4 is 6.03 Å². The van der Waals surface area contributed by atoms with Crippen LogP contribution in [-0.2, 0) is 19.3 Å². The third-order valence-corrected chi connectivity index (χ3v) is 5.30. The van der Waals surface area contributed by atoms with Gasteiger partial charge >= 0.3 is 6.03 Å². The number of carbonyl (C=O) groups excluding carboxylic acids is 1. The molecule has 1 saturated heterocycles. The first-order valence-corrected chi connectivity index (χ1v) is 9.29. The highest BCUT2D eigenvalue weighted by Gasteiger charge is 2.26. The summed E-state index contributed by atoms with van der Waals surface area (Å²) >= 11 is 0. The van der Waals surface area contributed by atoms with Crippen LogP contribution in [0.5, 0.6) is 11.5 Å². The number of fused-ring (bicyclic) bond motifs is 2. The fraction of sp³-hybridized carbons (Fsp3) is 0.632. The van der Waals surface area contributed by atoms with E-state index in [1.807, 2.05) is 4.90 Å². The monoisotopic (exact) mass is 330 g/mol. The molecule has 0 radical (unpaired) electrons. The van der Waals surface area contributed by atoms with Gasteiger partial charge in [0.05, 0.1) is 13.2 Å². The van der Waals surface area contributed by atoms with Crippen LogP contribution >= 0.6 is 0 Å². The fourth-order valence-corrected chi connectivity index (χ4v) is 4.03. The van der Waals surface area contributed by atoms with E-state index in [4.69, 9.17) is 9.47 Å². The molecule has 3 heterocycles. The number of nitrogens with zero attached hydrogens (tertiary/aromatic N) is 1. The van der Waals surface area contributed by atoms with E-state index in [-0.39, 0.29) is 6.03 Å². The summed E-state index contributed by atoms with van der Waals surface area (Å²) in [4.78, 5) is 14.3. The van der Waals surface area contributed by atoms with Crippen molar-refractivity contribution in [3.63, 3.8) is 0 Å². The Balaban J connectivity index is 1.40. The number of hydrogen-bond donors (Lipinski definition) is 1. The topological polar surface area (TPSA) is 50.8 Å². The molecule has 0 aliphatic carbocycles. The van der Waals surface area contributed by atoms with Crippen LogP contribution in [0.4, 0.5) is 4.79 Å². The van der Waals surface area contributed by atoms with Crippen LogP contribution in [0.15, 0.2) is 6.07 Å². The lowest BCUT2D eigenvalue weighted by atomic mass is 9.97. The van der Waals surface area contributed by atoms with Crippen molar-refractivity contribution in [3.05, 3.63) is 22.8 Å². The molecule has 130 valence electrons. The van der Waals surface area contributed by atoms with Gasteiger partial charge in [0.1, 0.15) is 11.5 Å². The minimum Gasteiger partial charge on any atom is -0.493 e. The predicted octanol–water partition coefficient (Wildman–Crippen LogP) is 2.68. The smallest absolute Gasteiger partial charge is 0.317 e. The van der Waals surface area contributed by atoms with Crippen LogP contribution in [0, 0.1) is 0 Å². The first-order chi connectivity index (χ1) is 11.8. The van der Waals surface area contributed by atoms with Crippen LogP contribution in [0.2, 0.25) is 0 Å². The highest BCUT2D eigenvalue weighted by molar-refractivity contribution is 5.74. The van der Waals surface area contributed by atoms with Crippen molar-refractivity contribution < 1.29 is 14.3 Å². The first kappa shape index (κ1) is 15.6. The molecule has 0 saturated carbocycles. The van der Waals surface area contributed by atoms with Gasteiger partial charge in [-0.3, -0.25) is 0 Å². The molecule has 0 spiro atoms. The SMILES string of the molecule is O=C(NCCc1c2c(cc3c1OCC3)OCC2)N1CCCCCC1. The first-order valence-electron chi connectivity index (χ1n) is 9.29. The molecule has 1 N–H and O–H groups in total. The Morgan fingerprint density at radius 2 is 1.88 bits per heavy atom. The molecule has 0 bridgehead atoms. The zero-order chi connectivity index (χ0) is 16.4. The average molecular weight is 330 g/mol. The molecular weight excluding hydrogens is 304 g/mol. The number of amides is 2. The minimum absolute atomic E-state index is 0.0818. The van der Waals surface area contributed by atoms with Crippen LogP contribution in [0.1, 0.15) is 42.4 Å². The Hall–Kier alpha value is -1.91. The van der Waals surface area contributed by atoms with Gasteiger partial charge in [0, 0.05) is 49.2 Å². The molecule has 3 aliphatic heterocycles. The molecule has 24 heavy (non-hydrogen) atoms. The van der Waals surface area contributed by atoms with Gasteiger partial charge in [0.25, 0.3) is 0 Å². The number of carbonyl (C=O) groups is 1. The molecular formula is C19H26N2O3. The number of nitrogens with one attached hydrogen (secondary N) is 1. The number of urea groups is 1. The Morgan fingerprint density at radius 1 is 1.08 bits per heavy atom. The number of rotatable bonds is 3. The molecule has 0 unspecified atom stereocenters. The summed E-state index contributed by atoms with van der Waals surface area (Å²) in [7, 11) is 0. The number of ether oxygens (including phenoxy) is 2. The van der Waals surface area contributed by atoms with Crippen molar-refractivity contribution in [3.8, 4) is 11.5 Å². The molecule has 1 aromatic carbocycles. The van der Waals surface area contributed by atoms with Crippen molar-refractivity contribution in [1.29, 1.82) is 0 Å². The van der Waals surface area contributed by atoms with E-state index in [0.717, 1.165) is 69.9 Å². The second-order valence-corrected chi connectivity index (χ2v) is 6.90. The second kappa shape index (κ2) is 6.91. The summed E-state index contributed by atoms with van der Waals surface area (Å²) in [5.74, 6) is 2.07. The zero-order valence-corrected chi connectivity index (χ0v) is 14.2. The van der Waals surface area contributed by atoms with Crippen molar-refractivity contribution in [1.82, 2.24) is 10.2 Å². The molecule has 5 nitrogen and oxygen atoms in total. The lowest BCUT2D eigenvalue weighted by molar-refractivity contribution is 0.200. The second-order valence-electron chi connectivity index (χ2n) is 6.90. The van der Waals surface area contributed by atoms with E-state index < -0.39 is 0 Å². The molecule has 4 rings (SSSR count). The van der Waals surface area contributed by atoms with Crippen molar-refractivity contribution in [2.45, 2.75) is 44.9 Å². The van der Waals surface area contributed by atoms with Crippen molar-refractivity contribution in [2.75, 3.05) is 32.8 Å². The third-order valence-electron chi connectivity index (χ3n) is 5.30. The maximum Gasteiger partial charge on any atom is 0.317 e. The minimum atomic E-state index is 0.0818. The molecule has 5 heteroatoms. The van der Waals surface area contributed by atoms with Gasteiger partial charge in [0.2, 0.25) is 0 Å². The average Bonchev–Trinajstić information content (AvgIpc) is 3.16. The summed E-state index contributed by atoms with van der Waals surface area (Å²) in [6, 6.07) is 2.22. The highest BCUT2D eigenvalue weighted by Crippen LogP contribution is 2.40. The number of benzene rings is 1. The summed E-state index contributed by atoms with van der Waals surface area (Å²) in [5.41, 5.74) is 3.78. The molecule has 0 aromatic heterocycles. The summed E-state index contributed by atoms with van der Waals surface area (Å²) in [6.07, 6.45) is 7.44. The van der Waals surface area contributed by atoms with Gasteiger partial charge in [-0.05, 0) is 25.3 Å². The Morgan fingerprint density at radius 3 is 2.71 bits per heavy atom. The summed E-state index contributed by atoms with van der Waals surface area (Å²) in [5, 5.41) is 3.10. The van der Waals surface area contributed by atoms with E-state index in [9.17, 15) is 4.79 Å². The largest absolute Gasteiger partial charge is 0.493 e. The zero-order valence-electron chi connectivity index (χ0n) is 14.2. The summed E-state index contributed by atoms with van der Waals surface area (Å²) in [6.45, 7) is 3.94.